The zero-order chi connectivity index (χ0) is 11.5. The summed E-state index contributed by atoms with van der Waals surface area (Å²) >= 11 is 5.79. The Bertz CT molecular complexity index is 250. The molecule has 2 nitrogen and oxygen atoms in total. The zero-order valence-corrected chi connectivity index (χ0v) is 10.9. The lowest BCUT2D eigenvalue weighted by Crippen LogP contribution is -2.42. The maximum atomic E-state index is 12.2. The number of likely N-dealkylation sites (tertiary alicyclic amines) is 1. The number of carbonyl (C=O) groups excluding carboxylic acids is 1. The molecule has 2 unspecified atom stereocenters. The summed E-state index contributed by atoms with van der Waals surface area (Å²) in [6.07, 6.45) is 7.75. The number of hydrogen-bond donors (Lipinski definition) is 0. The van der Waals surface area contributed by atoms with Gasteiger partial charge in [0.15, 0.2) is 0 Å². The molecule has 0 spiro atoms. The first-order valence-corrected chi connectivity index (χ1v) is 7.14. The molecule has 16 heavy (non-hydrogen) atoms. The third-order valence-electron chi connectivity index (χ3n) is 4.18. The molecule has 1 aliphatic carbocycles. The molecular weight excluding hydrogens is 222 g/mol. The molecule has 92 valence electrons. The van der Waals surface area contributed by atoms with E-state index in [1.165, 1.54) is 38.5 Å². The fourth-order valence-electron chi connectivity index (χ4n) is 3.25. The molecule has 0 N–H and O–H groups in total. The lowest BCUT2D eigenvalue weighted by Gasteiger charge is -2.31. The Hall–Kier alpha value is -0.240. The molecule has 1 saturated carbocycles. The van der Waals surface area contributed by atoms with Gasteiger partial charge in [0, 0.05) is 24.4 Å². The molecule has 2 aliphatic rings. The van der Waals surface area contributed by atoms with E-state index in [1.54, 1.807) is 0 Å². The number of hydrogen-bond acceptors (Lipinski definition) is 1. The van der Waals surface area contributed by atoms with E-state index in [9.17, 15) is 4.79 Å². The average molecular weight is 244 g/mol. The van der Waals surface area contributed by atoms with Gasteiger partial charge in [-0.2, -0.15) is 0 Å². The highest BCUT2D eigenvalue weighted by atomic mass is 35.5. The standard InChI is InChI=1S/C13H22ClNO/c1-10(9-14)13(16)15-8-4-7-12(15)11-5-2-3-6-11/h10-12H,2-9H2,1H3. The van der Waals surface area contributed by atoms with Crippen LogP contribution in [0, 0.1) is 11.8 Å². The molecule has 0 aromatic heterocycles. The Balaban J connectivity index is 1.99. The van der Waals surface area contributed by atoms with Crippen molar-refractivity contribution in [3.8, 4) is 0 Å². The summed E-state index contributed by atoms with van der Waals surface area (Å²) in [5.74, 6) is 1.49. The summed E-state index contributed by atoms with van der Waals surface area (Å²) in [5, 5.41) is 0. The first-order chi connectivity index (χ1) is 7.74. The molecule has 3 heteroatoms. The predicted molar refractivity (Wildman–Crippen MR) is 66.6 cm³/mol. The number of halogens is 1. The van der Waals surface area contributed by atoms with Crippen molar-refractivity contribution in [2.45, 2.75) is 51.5 Å². The van der Waals surface area contributed by atoms with Crippen molar-refractivity contribution in [2.24, 2.45) is 11.8 Å². The molecule has 1 aliphatic heterocycles. The van der Waals surface area contributed by atoms with Crippen molar-refractivity contribution in [3.05, 3.63) is 0 Å². The number of rotatable bonds is 3. The first-order valence-electron chi connectivity index (χ1n) is 6.60. The first kappa shape index (κ1) is 12.2. The van der Waals surface area contributed by atoms with Crippen LogP contribution >= 0.6 is 11.6 Å². The van der Waals surface area contributed by atoms with Gasteiger partial charge in [-0.05, 0) is 31.6 Å². The number of alkyl halides is 1. The van der Waals surface area contributed by atoms with Crippen LogP contribution in [0.5, 0.6) is 0 Å². The Labute approximate surface area is 103 Å². The van der Waals surface area contributed by atoms with E-state index in [0.717, 1.165) is 12.5 Å². The molecule has 1 amide bonds. The van der Waals surface area contributed by atoms with Crippen LogP contribution in [0.1, 0.15) is 45.4 Å². The van der Waals surface area contributed by atoms with Gasteiger partial charge in [-0.1, -0.05) is 19.8 Å². The highest BCUT2D eigenvalue weighted by molar-refractivity contribution is 6.19. The second-order valence-corrected chi connectivity index (χ2v) is 5.65. The SMILES string of the molecule is CC(CCl)C(=O)N1CCCC1C1CCCC1. The van der Waals surface area contributed by atoms with Gasteiger partial charge in [-0.25, -0.2) is 0 Å². The lowest BCUT2D eigenvalue weighted by atomic mass is 9.95. The largest absolute Gasteiger partial charge is 0.339 e. The van der Waals surface area contributed by atoms with E-state index in [4.69, 9.17) is 11.6 Å². The number of carbonyl (C=O) groups is 1. The second kappa shape index (κ2) is 5.39. The molecular formula is C13H22ClNO. The van der Waals surface area contributed by atoms with Crippen molar-refractivity contribution in [2.75, 3.05) is 12.4 Å². The minimum Gasteiger partial charge on any atom is -0.339 e. The third kappa shape index (κ3) is 2.37. The minimum absolute atomic E-state index is 0.0105. The minimum atomic E-state index is -0.0105. The molecule has 0 aromatic carbocycles. The lowest BCUT2D eigenvalue weighted by molar-refractivity contribution is -0.136. The van der Waals surface area contributed by atoms with Crippen LogP contribution in [0.2, 0.25) is 0 Å². The highest BCUT2D eigenvalue weighted by Crippen LogP contribution is 2.35. The van der Waals surface area contributed by atoms with Gasteiger partial charge < -0.3 is 4.90 Å². The van der Waals surface area contributed by atoms with Crippen LogP contribution in [0.15, 0.2) is 0 Å². The molecule has 0 radical (unpaired) electrons. The van der Waals surface area contributed by atoms with Crippen LogP contribution in [-0.2, 0) is 4.79 Å². The summed E-state index contributed by atoms with van der Waals surface area (Å²) < 4.78 is 0. The van der Waals surface area contributed by atoms with E-state index in [2.05, 4.69) is 4.90 Å². The average Bonchev–Trinajstić information content (AvgIpc) is 2.95. The van der Waals surface area contributed by atoms with Gasteiger partial charge in [0.1, 0.15) is 0 Å². The molecule has 0 aromatic rings. The van der Waals surface area contributed by atoms with Crippen molar-refractivity contribution < 1.29 is 4.79 Å². The number of amides is 1. The third-order valence-corrected chi connectivity index (χ3v) is 4.64. The Morgan fingerprint density at radius 2 is 2.00 bits per heavy atom. The predicted octanol–water partition coefficient (Wildman–Crippen LogP) is 3.04. The fraction of sp³-hybridized carbons (Fsp3) is 0.923. The van der Waals surface area contributed by atoms with E-state index >= 15 is 0 Å². The number of nitrogens with zero attached hydrogens (tertiary/aromatic N) is 1. The molecule has 0 bridgehead atoms. The van der Waals surface area contributed by atoms with Gasteiger partial charge in [0.25, 0.3) is 0 Å². The smallest absolute Gasteiger partial charge is 0.226 e. The quantitative estimate of drug-likeness (QED) is 0.698. The van der Waals surface area contributed by atoms with Crippen molar-refractivity contribution in [3.63, 3.8) is 0 Å². The highest BCUT2D eigenvalue weighted by Gasteiger charge is 2.36. The van der Waals surface area contributed by atoms with Gasteiger partial charge in [-0.15, -0.1) is 11.6 Å². The fourth-order valence-corrected chi connectivity index (χ4v) is 3.38. The Morgan fingerprint density at radius 1 is 1.31 bits per heavy atom. The summed E-state index contributed by atoms with van der Waals surface area (Å²) in [6, 6.07) is 0.528. The zero-order valence-electron chi connectivity index (χ0n) is 10.1. The monoisotopic (exact) mass is 243 g/mol. The van der Waals surface area contributed by atoms with E-state index < -0.39 is 0 Å². The van der Waals surface area contributed by atoms with Crippen LogP contribution in [0.25, 0.3) is 0 Å². The van der Waals surface area contributed by atoms with Crippen LogP contribution in [0.3, 0.4) is 0 Å². The Kier molecular flexibility index (Phi) is 4.12. The molecule has 2 rings (SSSR count). The molecule has 2 fully saturated rings. The van der Waals surface area contributed by atoms with Gasteiger partial charge in [0.05, 0.1) is 0 Å². The van der Waals surface area contributed by atoms with Crippen molar-refractivity contribution in [1.82, 2.24) is 4.90 Å². The van der Waals surface area contributed by atoms with Crippen molar-refractivity contribution in [1.29, 1.82) is 0 Å². The maximum Gasteiger partial charge on any atom is 0.226 e. The van der Waals surface area contributed by atoms with E-state index in [-0.39, 0.29) is 11.8 Å². The van der Waals surface area contributed by atoms with Crippen LogP contribution in [-0.4, -0.2) is 29.3 Å². The normalized spacial score (nSPS) is 28.6. The molecule has 1 heterocycles. The van der Waals surface area contributed by atoms with Gasteiger partial charge in [0.2, 0.25) is 5.91 Å². The summed E-state index contributed by atoms with van der Waals surface area (Å²) in [4.78, 5) is 14.3. The second-order valence-electron chi connectivity index (χ2n) is 5.34. The van der Waals surface area contributed by atoms with Crippen LogP contribution < -0.4 is 0 Å². The van der Waals surface area contributed by atoms with Crippen molar-refractivity contribution >= 4 is 17.5 Å². The van der Waals surface area contributed by atoms with E-state index in [1.807, 2.05) is 6.92 Å². The topological polar surface area (TPSA) is 20.3 Å². The summed E-state index contributed by atoms with van der Waals surface area (Å²) in [5.41, 5.74) is 0. The van der Waals surface area contributed by atoms with E-state index in [0.29, 0.717) is 11.9 Å². The summed E-state index contributed by atoms with van der Waals surface area (Å²) in [7, 11) is 0. The molecule has 1 saturated heterocycles. The Morgan fingerprint density at radius 3 is 2.62 bits per heavy atom. The molecule has 2 atom stereocenters. The summed E-state index contributed by atoms with van der Waals surface area (Å²) in [6.45, 7) is 2.90. The van der Waals surface area contributed by atoms with Crippen LogP contribution in [0.4, 0.5) is 0 Å². The van der Waals surface area contributed by atoms with Gasteiger partial charge in [-0.3, -0.25) is 4.79 Å². The maximum absolute atomic E-state index is 12.2. The van der Waals surface area contributed by atoms with Gasteiger partial charge >= 0.3 is 0 Å².